The average Bonchev–Trinajstić information content (AvgIpc) is 2.27. The molecule has 0 aliphatic heterocycles. The van der Waals surface area contributed by atoms with E-state index >= 15 is 0 Å². The number of amides is 1. The van der Waals surface area contributed by atoms with Gasteiger partial charge in [0.25, 0.3) is 0 Å². The maximum Gasteiger partial charge on any atom is 0.221 e. The van der Waals surface area contributed by atoms with E-state index in [4.69, 9.17) is 5.73 Å². The van der Waals surface area contributed by atoms with Crippen molar-refractivity contribution in [3.05, 3.63) is 0 Å². The first-order valence-electron chi connectivity index (χ1n) is 7.02. The van der Waals surface area contributed by atoms with Crippen molar-refractivity contribution < 1.29 is 4.79 Å². The molecule has 19 heavy (non-hydrogen) atoms. The summed E-state index contributed by atoms with van der Waals surface area (Å²) in [6.45, 7) is 9.03. The summed E-state index contributed by atoms with van der Waals surface area (Å²) in [6, 6.07) is 0. The highest BCUT2D eigenvalue weighted by Gasteiger charge is 2.25. The van der Waals surface area contributed by atoms with E-state index in [9.17, 15) is 4.79 Å². The monoisotopic (exact) mass is 310 g/mol. The van der Waals surface area contributed by atoms with Gasteiger partial charge in [-0.05, 0) is 31.4 Å². The Bertz CT molecular complexity index is 239. The molecule has 0 aromatic heterocycles. The summed E-state index contributed by atoms with van der Waals surface area (Å²) in [7, 11) is 0. The Balaban J connectivity index is 0. The van der Waals surface area contributed by atoms with E-state index in [1.165, 1.54) is 12.8 Å². The van der Waals surface area contributed by atoms with Gasteiger partial charge in [-0.25, -0.2) is 0 Å². The van der Waals surface area contributed by atoms with E-state index in [1.807, 2.05) is 18.7 Å². The van der Waals surface area contributed by atoms with Crippen LogP contribution in [0.2, 0.25) is 0 Å². The summed E-state index contributed by atoms with van der Waals surface area (Å²) in [5.74, 6) is 2.74. The zero-order chi connectivity index (χ0) is 14.0. The number of hydrogen-bond donors (Lipinski definition) is 2. The van der Waals surface area contributed by atoms with Crippen LogP contribution in [0.3, 0.4) is 0 Å². The molecule has 0 aliphatic rings. The minimum atomic E-state index is -0.251. The number of carbonyl (C=O) groups is 1. The predicted molar refractivity (Wildman–Crippen MR) is 89.2 cm³/mol. The SMILES string of the molecule is CCCCSCCC(=O)NC(C)(CN)CC(C)C.Cl. The summed E-state index contributed by atoms with van der Waals surface area (Å²) in [5, 5.41) is 3.09. The molecule has 1 unspecified atom stereocenters. The minimum absolute atomic E-state index is 0. The van der Waals surface area contributed by atoms with Crippen LogP contribution in [0.5, 0.6) is 0 Å². The van der Waals surface area contributed by atoms with Crippen LogP contribution in [-0.2, 0) is 4.79 Å². The zero-order valence-corrected chi connectivity index (χ0v) is 14.5. The topological polar surface area (TPSA) is 55.1 Å². The van der Waals surface area contributed by atoms with Crippen LogP contribution < -0.4 is 11.1 Å². The van der Waals surface area contributed by atoms with E-state index in [-0.39, 0.29) is 23.9 Å². The summed E-state index contributed by atoms with van der Waals surface area (Å²) in [5.41, 5.74) is 5.53. The molecule has 5 heteroatoms. The number of unbranched alkanes of at least 4 members (excludes halogenated alkanes) is 1. The van der Waals surface area contributed by atoms with Crippen molar-refractivity contribution in [2.45, 2.75) is 58.9 Å². The molecule has 0 bridgehead atoms. The number of halogens is 1. The van der Waals surface area contributed by atoms with Gasteiger partial charge in [-0.1, -0.05) is 27.2 Å². The third kappa shape index (κ3) is 11.6. The highest BCUT2D eigenvalue weighted by Crippen LogP contribution is 2.15. The second kappa shape index (κ2) is 11.9. The molecule has 116 valence electrons. The van der Waals surface area contributed by atoms with Gasteiger partial charge in [0.05, 0.1) is 0 Å². The lowest BCUT2D eigenvalue weighted by atomic mass is 9.90. The molecule has 1 atom stereocenters. The van der Waals surface area contributed by atoms with Gasteiger partial charge in [0.15, 0.2) is 0 Å². The Labute approximate surface area is 129 Å². The van der Waals surface area contributed by atoms with Crippen LogP contribution in [0.25, 0.3) is 0 Å². The molecule has 3 nitrogen and oxygen atoms in total. The molecule has 0 saturated heterocycles. The van der Waals surface area contributed by atoms with E-state index in [0.717, 1.165) is 17.9 Å². The van der Waals surface area contributed by atoms with Crippen LogP contribution in [0.4, 0.5) is 0 Å². The molecule has 0 fully saturated rings. The maximum atomic E-state index is 11.9. The normalized spacial score (nSPS) is 13.8. The first-order valence-corrected chi connectivity index (χ1v) is 8.18. The Kier molecular flexibility index (Phi) is 13.3. The average molecular weight is 311 g/mol. The van der Waals surface area contributed by atoms with Crippen molar-refractivity contribution in [3.8, 4) is 0 Å². The number of thioether (sulfide) groups is 1. The smallest absolute Gasteiger partial charge is 0.221 e. The Morgan fingerprint density at radius 1 is 1.37 bits per heavy atom. The van der Waals surface area contributed by atoms with E-state index < -0.39 is 0 Å². The van der Waals surface area contributed by atoms with Crippen molar-refractivity contribution >= 4 is 30.1 Å². The lowest BCUT2D eigenvalue weighted by Gasteiger charge is -2.31. The molecule has 0 aliphatic carbocycles. The predicted octanol–water partition coefficient (Wildman–Crippen LogP) is 3.21. The van der Waals surface area contributed by atoms with Gasteiger partial charge in [0.1, 0.15) is 0 Å². The van der Waals surface area contributed by atoms with Crippen LogP contribution >= 0.6 is 24.2 Å². The van der Waals surface area contributed by atoms with Crippen molar-refractivity contribution in [2.24, 2.45) is 11.7 Å². The van der Waals surface area contributed by atoms with Crippen molar-refractivity contribution in [1.29, 1.82) is 0 Å². The molecular formula is C14H31ClN2OS. The molecule has 0 saturated carbocycles. The van der Waals surface area contributed by atoms with Crippen molar-refractivity contribution in [3.63, 3.8) is 0 Å². The van der Waals surface area contributed by atoms with Gasteiger partial charge in [0.2, 0.25) is 5.91 Å². The van der Waals surface area contributed by atoms with Gasteiger partial charge in [-0.15, -0.1) is 12.4 Å². The Morgan fingerprint density at radius 2 is 2.00 bits per heavy atom. The number of nitrogens with one attached hydrogen (secondary N) is 1. The van der Waals surface area contributed by atoms with E-state index in [1.54, 1.807) is 0 Å². The van der Waals surface area contributed by atoms with Crippen LogP contribution in [0, 0.1) is 5.92 Å². The van der Waals surface area contributed by atoms with Gasteiger partial charge in [-0.2, -0.15) is 11.8 Å². The van der Waals surface area contributed by atoms with Gasteiger partial charge in [-0.3, -0.25) is 4.79 Å². The molecule has 0 aromatic carbocycles. The summed E-state index contributed by atoms with van der Waals surface area (Å²) in [6.07, 6.45) is 3.99. The van der Waals surface area contributed by atoms with Crippen LogP contribution in [-0.4, -0.2) is 29.5 Å². The maximum absolute atomic E-state index is 11.9. The fraction of sp³-hybridized carbons (Fsp3) is 0.929. The number of rotatable bonds is 10. The fourth-order valence-electron chi connectivity index (χ4n) is 2.00. The third-order valence-electron chi connectivity index (χ3n) is 2.87. The third-order valence-corrected chi connectivity index (χ3v) is 3.94. The summed E-state index contributed by atoms with van der Waals surface area (Å²) < 4.78 is 0. The molecule has 0 rings (SSSR count). The van der Waals surface area contributed by atoms with Crippen LogP contribution in [0.1, 0.15) is 53.4 Å². The molecule has 0 radical (unpaired) electrons. The Morgan fingerprint density at radius 3 is 2.47 bits per heavy atom. The number of carbonyl (C=O) groups excluding carboxylic acids is 1. The molecule has 0 spiro atoms. The molecular weight excluding hydrogens is 280 g/mol. The molecule has 1 amide bonds. The highest BCUT2D eigenvalue weighted by molar-refractivity contribution is 7.99. The van der Waals surface area contributed by atoms with Gasteiger partial charge < -0.3 is 11.1 Å². The van der Waals surface area contributed by atoms with Crippen molar-refractivity contribution in [2.75, 3.05) is 18.1 Å². The number of hydrogen-bond acceptors (Lipinski definition) is 3. The largest absolute Gasteiger partial charge is 0.350 e. The quantitative estimate of drug-likeness (QED) is 0.609. The van der Waals surface area contributed by atoms with E-state index in [2.05, 4.69) is 26.1 Å². The molecule has 0 heterocycles. The lowest BCUT2D eigenvalue weighted by Crippen LogP contribution is -2.52. The van der Waals surface area contributed by atoms with Crippen molar-refractivity contribution in [1.82, 2.24) is 5.32 Å². The van der Waals surface area contributed by atoms with Gasteiger partial charge in [0, 0.05) is 24.3 Å². The zero-order valence-electron chi connectivity index (χ0n) is 12.8. The van der Waals surface area contributed by atoms with Crippen LogP contribution in [0.15, 0.2) is 0 Å². The minimum Gasteiger partial charge on any atom is -0.350 e. The molecule has 3 N–H and O–H groups in total. The lowest BCUT2D eigenvalue weighted by molar-refractivity contribution is -0.122. The second-order valence-electron chi connectivity index (χ2n) is 5.63. The Hall–Kier alpha value is 0.0700. The van der Waals surface area contributed by atoms with Gasteiger partial charge >= 0.3 is 0 Å². The number of nitrogens with two attached hydrogens (primary N) is 1. The highest BCUT2D eigenvalue weighted by atomic mass is 35.5. The fourth-order valence-corrected chi connectivity index (χ4v) is 3.03. The van der Waals surface area contributed by atoms with E-state index in [0.29, 0.717) is 18.9 Å². The summed E-state index contributed by atoms with van der Waals surface area (Å²) >= 11 is 1.86. The summed E-state index contributed by atoms with van der Waals surface area (Å²) in [4.78, 5) is 11.9. The standard InChI is InChI=1S/C14H30N2OS.ClH/c1-5-6-8-18-9-7-13(17)16-14(4,11-15)10-12(2)3;/h12H,5-11,15H2,1-4H3,(H,16,17);1H. The second-order valence-corrected chi connectivity index (χ2v) is 6.85. The first-order chi connectivity index (χ1) is 8.43. The molecule has 0 aromatic rings. The first kappa shape index (κ1) is 21.4.